The van der Waals surface area contributed by atoms with Gasteiger partial charge in [-0.15, -0.1) is 4.91 Å². The molecule has 2 aromatic carbocycles. The predicted octanol–water partition coefficient (Wildman–Crippen LogP) is 3.02. The average molecular weight is 442 g/mol. The van der Waals surface area contributed by atoms with Crippen LogP contribution < -0.4 is 24.7 Å². The summed E-state index contributed by atoms with van der Waals surface area (Å²) in [6.45, 7) is 0.182. The van der Waals surface area contributed by atoms with E-state index >= 15 is 0 Å². The van der Waals surface area contributed by atoms with Crippen LogP contribution in [0.4, 0.5) is 0 Å². The Labute approximate surface area is 181 Å². The molecule has 0 aromatic heterocycles. The zero-order valence-corrected chi connectivity index (χ0v) is 16.6. The van der Waals surface area contributed by atoms with E-state index in [0.717, 1.165) is 0 Å². The van der Waals surface area contributed by atoms with Crippen molar-refractivity contribution < 1.29 is 28.4 Å². The topological polar surface area (TPSA) is 183 Å². The molecule has 13 nitrogen and oxygen atoms in total. The van der Waals surface area contributed by atoms with Gasteiger partial charge in [0, 0.05) is 10.5 Å². The number of ether oxygens (including phenoxy) is 6. The molecule has 2 aliphatic rings. The molecule has 0 saturated carbocycles. The van der Waals surface area contributed by atoms with E-state index in [4.69, 9.17) is 45.1 Å². The van der Waals surface area contributed by atoms with Crippen LogP contribution >= 0.6 is 0 Å². The van der Waals surface area contributed by atoms with Crippen molar-refractivity contribution in [1.29, 1.82) is 5.41 Å². The van der Waals surface area contributed by atoms with Crippen LogP contribution in [0.25, 0.3) is 10.4 Å². The number of azide groups is 1. The number of nitrogens with one attached hydrogen (secondary N) is 1. The van der Waals surface area contributed by atoms with Crippen LogP contribution in [0.2, 0.25) is 0 Å². The highest BCUT2D eigenvalue weighted by Gasteiger charge is 2.40. The van der Waals surface area contributed by atoms with Crippen LogP contribution in [-0.4, -0.2) is 33.1 Å². The third-order valence-electron chi connectivity index (χ3n) is 4.85. The van der Waals surface area contributed by atoms with Gasteiger partial charge >= 0.3 is 0 Å². The molecular formula is C19H18N6O7. The van der Waals surface area contributed by atoms with Crippen LogP contribution in [-0.2, 0) is 15.4 Å². The Bertz CT molecular complexity index is 1080. The van der Waals surface area contributed by atoms with Crippen molar-refractivity contribution in [2.45, 2.75) is 12.0 Å². The van der Waals surface area contributed by atoms with Gasteiger partial charge in [0.2, 0.25) is 6.79 Å². The Hall–Kier alpha value is -3.90. The van der Waals surface area contributed by atoms with Crippen molar-refractivity contribution in [2.24, 2.45) is 16.0 Å². The average Bonchev–Trinajstić information content (AvgIpc) is 3.45. The summed E-state index contributed by atoms with van der Waals surface area (Å²) >= 11 is 0. The molecule has 1 atom stereocenters. The molecule has 3 N–H and O–H groups in total. The minimum atomic E-state index is -1.68. The summed E-state index contributed by atoms with van der Waals surface area (Å²) in [6, 6.07) is 6.80. The van der Waals surface area contributed by atoms with E-state index < -0.39 is 12.0 Å². The van der Waals surface area contributed by atoms with E-state index in [2.05, 4.69) is 15.2 Å². The SMILES string of the molecule is [N-]=[N+]=NCOc1cc(C(N=O)c2ccc3c(c2)OCO3)c(C2(N)OCCO2)cc1OC=N. The largest absolute Gasteiger partial charge is 0.484 e. The van der Waals surface area contributed by atoms with Crippen molar-refractivity contribution in [3.05, 3.63) is 62.4 Å². The van der Waals surface area contributed by atoms with Crippen molar-refractivity contribution >= 4 is 6.40 Å². The zero-order valence-electron chi connectivity index (χ0n) is 16.6. The maximum atomic E-state index is 12.0. The summed E-state index contributed by atoms with van der Waals surface area (Å²) in [5, 5.41) is 13.9. The molecule has 166 valence electrons. The Morgan fingerprint density at radius 3 is 2.72 bits per heavy atom. The van der Waals surface area contributed by atoms with Crippen molar-refractivity contribution in [2.75, 3.05) is 26.7 Å². The first kappa shape index (κ1) is 21.3. The van der Waals surface area contributed by atoms with E-state index in [0.29, 0.717) is 29.0 Å². The lowest BCUT2D eigenvalue weighted by Crippen LogP contribution is -2.39. The Morgan fingerprint density at radius 2 is 2.00 bits per heavy atom. The maximum absolute atomic E-state index is 12.0. The van der Waals surface area contributed by atoms with Gasteiger partial charge in [-0.1, -0.05) is 16.4 Å². The molecule has 2 aromatic rings. The lowest BCUT2D eigenvalue weighted by atomic mass is 9.92. The highest BCUT2D eigenvalue weighted by atomic mass is 16.8. The molecule has 2 aliphatic heterocycles. The first-order valence-electron chi connectivity index (χ1n) is 9.36. The minimum absolute atomic E-state index is 0.0733. The molecule has 1 unspecified atom stereocenters. The van der Waals surface area contributed by atoms with Crippen molar-refractivity contribution in [1.82, 2.24) is 0 Å². The minimum Gasteiger partial charge on any atom is -0.484 e. The van der Waals surface area contributed by atoms with Gasteiger partial charge in [0.1, 0.15) is 6.04 Å². The molecule has 4 rings (SSSR count). The monoisotopic (exact) mass is 442 g/mol. The lowest BCUT2D eigenvalue weighted by Gasteiger charge is -2.27. The number of nitrogens with two attached hydrogens (primary N) is 1. The number of rotatable bonds is 9. The van der Waals surface area contributed by atoms with Crippen molar-refractivity contribution in [3.8, 4) is 23.0 Å². The Balaban J connectivity index is 1.86. The van der Waals surface area contributed by atoms with Gasteiger partial charge in [0.05, 0.1) is 13.2 Å². The maximum Gasteiger partial charge on any atom is 0.253 e. The normalized spacial score (nSPS) is 16.7. The van der Waals surface area contributed by atoms with Gasteiger partial charge < -0.3 is 28.4 Å². The van der Waals surface area contributed by atoms with Gasteiger partial charge in [0.25, 0.3) is 5.91 Å². The molecule has 2 heterocycles. The van der Waals surface area contributed by atoms with Gasteiger partial charge in [-0.2, -0.15) is 0 Å². The molecule has 1 saturated heterocycles. The number of fused-ring (bicyclic) bond motifs is 1. The molecule has 0 aliphatic carbocycles. The van der Waals surface area contributed by atoms with Gasteiger partial charge in [-0.25, -0.2) is 0 Å². The fourth-order valence-corrected chi connectivity index (χ4v) is 3.46. The van der Waals surface area contributed by atoms with E-state index in [9.17, 15) is 4.91 Å². The van der Waals surface area contributed by atoms with E-state index in [1.165, 1.54) is 12.1 Å². The quantitative estimate of drug-likeness (QED) is 0.148. The zero-order chi connectivity index (χ0) is 22.6. The molecule has 0 spiro atoms. The Morgan fingerprint density at radius 1 is 1.22 bits per heavy atom. The fraction of sp³-hybridized carbons (Fsp3) is 0.316. The molecular weight excluding hydrogens is 424 g/mol. The van der Waals surface area contributed by atoms with Gasteiger partial charge in [-0.05, 0) is 40.9 Å². The summed E-state index contributed by atoms with van der Waals surface area (Å²) in [6.07, 6.45) is 0.687. The van der Waals surface area contributed by atoms with E-state index in [-0.39, 0.29) is 43.8 Å². The second-order valence-electron chi connectivity index (χ2n) is 6.61. The smallest absolute Gasteiger partial charge is 0.253 e. The van der Waals surface area contributed by atoms with E-state index in [1.54, 1.807) is 18.2 Å². The number of nitrogens with zero attached hydrogens (tertiary/aromatic N) is 4. The van der Waals surface area contributed by atoms with E-state index in [1.807, 2.05) is 0 Å². The number of benzene rings is 2. The van der Waals surface area contributed by atoms with Crippen molar-refractivity contribution in [3.63, 3.8) is 0 Å². The predicted molar refractivity (Wildman–Crippen MR) is 108 cm³/mol. The molecule has 0 bridgehead atoms. The van der Waals surface area contributed by atoms with Crippen LogP contribution in [0.5, 0.6) is 23.0 Å². The third-order valence-corrected chi connectivity index (χ3v) is 4.85. The highest BCUT2D eigenvalue weighted by Crippen LogP contribution is 2.44. The molecule has 1 fully saturated rings. The number of hydrogen-bond acceptors (Lipinski definition) is 11. The first-order chi connectivity index (χ1) is 15.6. The molecule has 0 radical (unpaired) electrons. The summed E-state index contributed by atoms with van der Waals surface area (Å²) in [7, 11) is 0. The summed E-state index contributed by atoms with van der Waals surface area (Å²) in [5.41, 5.74) is 15.9. The second-order valence-corrected chi connectivity index (χ2v) is 6.61. The Kier molecular flexibility index (Phi) is 6.05. The fourth-order valence-electron chi connectivity index (χ4n) is 3.46. The van der Waals surface area contributed by atoms with Crippen LogP contribution in [0.3, 0.4) is 0 Å². The summed E-state index contributed by atoms with van der Waals surface area (Å²) < 4.78 is 32.6. The van der Waals surface area contributed by atoms with Gasteiger partial charge in [-0.3, -0.25) is 11.1 Å². The lowest BCUT2D eigenvalue weighted by molar-refractivity contribution is -0.161. The second kappa shape index (κ2) is 9.08. The third kappa shape index (κ3) is 4.00. The first-order valence-corrected chi connectivity index (χ1v) is 9.36. The standard InChI is InChI=1S/C19H18N6O7/c20-8-27-17-7-13(19(21)31-3-4-32-19)12(6-16(17)28-9-23-25-22)18(24-26)11-1-2-14-15(5-11)30-10-29-14/h1-2,5-8,18,20H,3-4,9-10,21H2. The summed E-state index contributed by atoms with van der Waals surface area (Å²) in [5.74, 6) is -0.499. The van der Waals surface area contributed by atoms with Crippen LogP contribution in [0.1, 0.15) is 22.7 Å². The summed E-state index contributed by atoms with van der Waals surface area (Å²) in [4.78, 5) is 14.7. The number of hydrogen-bond donors (Lipinski definition) is 2. The molecule has 13 heteroatoms. The molecule has 0 amide bonds. The molecule has 32 heavy (non-hydrogen) atoms. The van der Waals surface area contributed by atoms with Gasteiger partial charge in [0.15, 0.2) is 36.1 Å². The highest BCUT2D eigenvalue weighted by molar-refractivity contribution is 5.58. The number of nitroso groups, excluding NO2 is 1. The van der Waals surface area contributed by atoms with Crippen LogP contribution in [0.15, 0.2) is 40.6 Å². The van der Waals surface area contributed by atoms with Crippen LogP contribution in [0, 0.1) is 10.3 Å².